The lowest BCUT2D eigenvalue weighted by Crippen LogP contribution is -2.38. The van der Waals surface area contributed by atoms with E-state index in [-0.39, 0.29) is 18.3 Å². The molecule has 0 N–H and O–H groups in total. The highest BCUT2D eigenvalue weighted by molar-refractivity contribution is 7.22. The van der Waals surface area contributed by atoms with Gasteiger partial charge in [-0.05, 0) is 38.7 Å². The average Bonchev–Trinajstić information content (AvgIpc) is 3.11. The largest absolute Gasteiger partial charge is 0.308 e. The van der Waals surface area contributed by atoms with E-state index in [0.717, 1.165) is 22.3 Å². The average molecular weight is 414 g/mol. The highest BCUT2D eigenvalue weighted by atomic mass is 35.5. The molecule has 9 heteroatoms. The molecule has 0 unspecified atom stereocenters. The lowest BCUT2D eigenvalue weighted by atomic mass is 10.2. The van der Waals surface area contributed by atoms with Gasteiger partial charge in [0.15, 0.2) is 5.13 Å². The first-order valence-electron chi connectivity index (χ1n) is 7.88. The van der Waals surface area contributed by atoms with E-state index in [0.29, 0.717) is 22.4 Å². The fourth-order valence-electron chi connectivity index (χ4n) is 2.58. The number of carbonyl (C=O) groups excluding carboxylic acids is 1. The maximum absolute atomic E-state index is 13.2. The number of nitrogens with zero attached hydrogens (tertiary/aromatic N) is 5. The molecule has 3 rings (SSSR count). The Morgan fingerprint density at radius 2 is 2.04 bits per heavy atom. The predicted molar refractivity (Wildman–Crippen MR) is 110 cm³/mol. The van der Waals surface area contributed by atoms with Gasteiger partial charge in [0.05, 0.1) is 15.9 Å². The molecule has 0 aliphatic carbocycles. The molecule has 3 aromatic rings. The Balaban J connectivity index is 0.00000243. The van der Waals surface area contributed by atoms with Crippen molar-refractivity contribution in [1.29, 1.82) is 0 Å². The highest BCUT2D eigenvalue weighted by Gasteiger charge is 2.25. The molecule has 26 heavy (non-hydrogen) atoms. The molecule has 0 bridgehead atoms. The van der Waals surface area contributed by atoms with E-state index in [4.69, 9.17) is 11.6 Å². The van der Waals surface area contributed by atoms with Gasteiger partial charge in [-0.3, -0.25) is 14.4 Å². The number of rotatable bonds is 5. The second-order valence-corrected chi connectivity index (χ2v) is 7.56. The maximum atomic E-state index is 13.2. The molecular formula is C17H21Cl2N5OS. The number of hydrogen-bond donors (Lipinski definition) is 0. The number of thiazole rings is 1. The molecular weight excluding hydrogens is 393 g/mol. The summed E-state index contributed by atoms with van der Waals surface area (Å²) in [7, 11) is 5.74. The second-order valence-electron chi connectivity index (χ2n) is 6.14. The zero-order valence-corrected chi connectivity index (χ0v) is 17.5. The van der Waals surface area contributed by atoms with Gasteiger partial charge in [0, 0.05) is 20.1 Å². The Labute approximate surface area is 167 Å². The monoisotopic (exact) mass is 413 g/mol. The van der Waals surface area contributed by atoms with Crippen molar-refractivity contribution in [2.75, 3.05) is 32.1 Å². The summed E-state index contributed by atoms with van der Waals surface area (Å²) in [5.41, 5.74) is 2.15. The van der Waals surface area contributed by atoms with Crippen LogP contribution in [-0.4, -0.2) is 52.8 Å². The van der Waals surface area contributed by atoms with E-state index >= 15 is 0 Å². The Kier molecular flexibility index (Phi) is 6.63. The molecule has 0 aliphatic heterocycles. The number of fused-ring (bicyclic) bond motifs is 1. The number of amides is 1. The van der Waals surface area contributed by atoms with Crippen LogP contribution in [0, 0.1) is 6.92 Å². The number of aryl methyl sites for hydroxylation is 2. The van der Waals surface area contributed by atoms with Gasteiger partial charge in [-0.1, -0.05) is 29.0 Å². The molecule has 1 aromatic carbocycles. The first kappa shape index (κ1) is 20.6. The third-order valence-electron chi connectivity index (χ3n) is 3.93. The Morgan fingerprint density at radius 1 is 1.31 bits per heavy atom. The minimum Gasteiger partial charge on any atom is -0.308 e. The summed E-state index contributed by atoms with van der Waals surface area (Å²) in [4.78, 5) is 21.6. The van der Waals surface area contributed by atoms with Crippen LogP contribution in [0.1, 0.15) is 16.1 Å². The molecule has 2 aromatic heterocycles. The summed E-state index contributed by atoms with van der Waals surface area (Å²) < 4.78 is 2.58. The summed E-state index contributed by atoms with van der Waals surface area (Å²) in [6.45, 7) is 3.15. The quantitative estimate of drug-likeness (QED) is 0.640. The van der Waals surface area contributed by atoms with Gasteiger partial charge < -0.3 is 4.90 Å². The number of anilines is 1. The van der Waals surface area contributed by atoms with Gasteiger partial charge in [0.25, 0.3) is 5.91 Å². The zero-order chi connectivity index (χ0) is 18.1. The Bertz CT molecular complexity index is 902. The first-order valence-corrected chi connectivity index (χ1v) is 9.08. The van der Waals surface area contributed by atoms with Crippen LogP contribution in [0.15, 0.2) is 24.4 Å². The molecule has 0 radical (unpaired) electrons. The SMILES string of the molecule is Cc1cnn(C)c1C(=O)N(CCN(C)C)c1nc2c(Cl)cccc2s1.Cl. The molecule has 2 heterocycles. The summed E-state index contributed by atoms with van der Waals surface area (Å²) in [6.07, 6.45) is 1.70. The fourth-order valence-corrected chi connectivity index (χ4v) is 3.87. The van der Waals surface area contributed by atoms with Crippen LogP contribution in [0.4, 0.5) is 5.13 Å². The lowest BCUT2D eigenvalue weighted by Gasteiger charge is -2.22. The van der Waals surface area contributed by atoms with Gasteiger partial charge in [0.1, 0.15) is 11.2 Å². The number of aromatic nitrogens is 3. The fraction of sp³-hybridized carbons (Fsp3) is 0.353. The Morgan fingerprint density at radius 3 is 2.62 bits per heavy atom. The standard InChI is InChI=1S/C17H20ClN5OS.ClH/c1-11-10-19-22(4)15(11)16(24)23(9-8-21(2)3)17-20-14-12(18)6-5-7-13(14)25-17;/h5-7,10H,8-9H2,1-4H3;1H. The van der Waals surface area contributed by atoms with Crippen LogP contribution >= 0.6 is 35.3 Å². The minimum absolute atomic E-state index is 0. The second kappa shape index (κ2) is 8.35. The molecule has 0 atom stereocenters. The summed E-state index contributed by atoms with van der Waals surface area (Å²) >= 11 is 7.72. The van der Waals surface area contributed by atoms with E-state index in [2.05, 4.69) is 10.1 Å². The van der Waals surface area contributed by atoms with Crippen molar-refractivity contribution in [3.63, 3.8) is 0 Å². The van der Waals surface area contributed by atoms with Crippen molar-refractivity contribution in [1.82, 2.24) is 19.7 Å². The molecule has 0 aliphatic rings. The first-order chi connectivity index (χ1) is 11.9. The molecule has 0 saturated carbocycles. The molecule has 0 saturated heterocycles. The van der Waals surface area contributed by atoms with Crippen LogP contribution in [0.25, 0.3) is 10.2 Å². The molecule has 0 spiro atoms. The summed E-state index contributed by atoms with van der Waals surface area (Å²) in [6, 6.07) is 5.67. The van der Waals surface area contributed by atoms with Crippen molar-refractivity contribution >= 4 is 56.6 Å². The van der Waals surface area contributed by atoms with E-state index in [9.17, 15) is 4.79 Å². The van der Waals surface area contributed by atoms with E-state index in [1.54, 1.807) is 22.8 Å². The third-order valence-corrected chi connectivity index (χ3v) is 5.28. The smallest absolute Gasteiger partial charge is 0.278 e. The molecule has 0 fully saturated rings. The third kappa shape index (κ3) is 4.01. The molecule has 140 valence electrons. The number of benzene rings is 1. The van der Waals surface area contributed by atoms with Gasteiger partial charge in [-0.2, -0.15) is 5.10 Å². The van der Waals surface area contributed by atoms with Crippen LogP contribution in [0.2, 0.25) is 5.02 Å². The number of carbonyl (C=O) groups is 1. The van der Waals surface area contributed by atoms with Gasteiger partial charge >= 0.3 is 0 Å². The zero-order valence-electron chi connectivity index (χ0n) is 15.1. The number of para-hydroxylation sites is 1. The summed E-state index contributed by atoms with van der Waals surface area (Å²) in [5, 5.41) is 5.43. The van der Waals surface area contributed by atoms with Crippen LogP contribution in [0.5, 0.6) is 0 Å². The van der Waals surface area contributed by atoms with E-state index in [1.807, 2.05) is 44.1 Å². The van der Waals surface area contributed by atoms with E-state index in [1.165, 1.54) is 11.3 Å². The van der Waals surface area contributed by atoms with Gasteiger partial charge in [0.2, 0.25) is 0 Å². The minimum atomic E-state index is -0.102. The summed E-state index contributed by atoms with van der Waals surface area (Å²) in [5.74, 6) is -0.102. The highest BCUT2D eigenvalue weighted by Crippen LogP contribution is 2.33. The van der Waals surface area contributed by atoms with Crippen LogP contribution in [-0.2, 0) is 7.05 Å². The predicted octanol–water partition coefficient (Wildman–Crippen LogP) is 3.62. The van der Waals surface area contributed by atoms with Crippen molar-refractivity contribution in [3.05, 3.63) is 40.7 Å². The van der Waals surface area contributed by atoms with Crippen molar-refractivity contribution < 1.29 is 4.79 Å². The number of halogens is 2. The number of hydrogen-bond acceptors (Lipinski definition) is 5. The normalized spacial score (nSPS) is 11.0. The van der Waals surface area contributed by atoms with Crippen LogP contribution < -0.4 is 4.90 Å². The van der Waals surface area contributed by atoms with Gasteiger partial charge in [-0.25, -0.2) is 4.98 Å². The number of likely N-dealkylation sites (N-methyl/N-ethyl adjacent to an activating group) is 1. The van der Waals surface area contributed by atoms with Crippen molar-refractivity contribution in [2.24, 2.45) is 7.05 Å². The van der Waals surface area contributed by atoms with Crippen LogP contribution in [0.3, 0.4) is 0 Å². The lowest BCUT2D eigenvalue weighted by molar-refractivity contribution is 0.0975. The topological polar surface area (TPSA) is 54.3 Å². The molecule has 6 nitrogen and oxygen atoms in total. The van der Waals surface area contributed by atoms with Gasteiger partial charge in [-0.15, -0.1) is 12.4 Å². The Hall–Kier alpha value is -1.67. The van der Waals surface area contributed by atoms with Crippen molar-refractivity contribution in [2.45, 2.75) is 6.92 Å². The van der Waals surface area contributed by atoms with E-state index < -0.39 is 0 Å². The van der Waals surface area contributed by atoms with Crippen molar-refractivity contribution in [3.8, 4) is 0 Å². The molecule has 1 amide bonds. The maximum Gasteiger partial charge on any atom is 0.278 e.